The average Bonchev–Trinajstić information content (AvgIpc) is 3.64. The van der Waals surface area contributed by atoms with Gasteiger partial charge in [-0.15, -0.1) is 0 Å². The van der Waals surface area contributed by atoms with E-state index in [4.69, 9.17) is 4.42 Å². The lowest BCUT2D eigenvalue weighted by Gasteiger charge is -2.30. The molecule has 0 spiro atoms. The second kappa shape index (κ2) is 10.4. The third-order valence-corrected chi connectivity index (χ3v) is 10.6. The van der Waals surface area contributed by atoms with E-state index in [1.54, 1.807) is 0 Å². The molecule has 9 aromatic rings. The molecule has 0 saturated heterocycles. The van der Waals surface area contributed by atoms with E-state index in [2.05, 4.69) is 176 Å². The first-order valence-corrected chi connectivity index (χ1v) is 17.0. The molecule has 10 rings (SSSR count). The molecule has 1 aliphatic rings. The number of hydrogen-bond donors (Lipinski definition) is 0. The zero-order valence-corrected chi connectivity index (χ0v) is 27.4. The minimum atomic E-state index is -0.122. The average molecular weight is 628 g/mol. The van der Waals surface area contributed by atoms with E-state index in [1.807, 2.05) is 6.07 Å². The summed E-state index contributed by atoms with van der Waals surface area (Å²) >= 11 is 0. The van der Waals surface area contributed by atoms with Gasteiger partial charge in [-0.05, 0) is 80.4 Å². The summed E-state index contributed by atoms with van der Waals surface area (Å²) in [5.74, 6) is 0. The normalized spacial score (nSPS) is 13.3. The van der Waals surface area contributed by atoms with Crippen LogP contribution in [0.25, 0.3) is 65.7 Å². The van der Waals surface area contributed by atoms with E-state index in [0.717, 1.165) is 49.8 Å². The highest BCUT2D eigenvalue weighted by atomic mass is 16.3. The summed E-state index contributed by atoms with van der Waals surface area (Å²) in [6, 6.07) is 59.4. The molecule has 232 valence electrons. The van der Waals surface area contributed by atoms with Gasteiger partial charge in [-0.3, -0.25) is 0 Å². The molecule has 0 N–H and O–H groups in total. The van der Waals surface area contributed by atoms with Crippen molar-refractivity contribution in [2.75, 3.05) is 4.90 Å². The summed E-state index contributed by atoms with van der Waals surface area (Å²) in [6.45, 7) is 4.70. The van der Waals surface area contributed by atoms with Crippen LogP contribution in [0.2, 0.25) is 0 Å². The van der Waals surface area contributed by atoms with Gasteiger partial charge >= 0.3 is 0 Å². The summed E-state index contributed by atoms with van der Waals surface area (Å²) in [5.41, 5.74) is 12.7. The molecule has 1 aliphatic carbocycles. The molecular formula is C47H33NO. The Labute approximate surface area is 285 Å². The van der Waals surface area contributed by atoms with Crippen molar-refractivity contribution in [2.45, 2.75) is 19.3 Å². The Morgan fingerprint density at radius 3 is 2.10 bits per heavy atom. The Kier molecular flexibility index (Phi) is 5.95. The Morgan fingerprint density at radius 1 is 0.490 bits per heavy atom. The molecule has 0 bridgehead atoms. The lowest BCUT2D eigenvalue weighted by molar-refractivity contribution is 0.660. The fraction of sp³-hybridized carbons (Fsp3) is 0.0638. The monoisotopic (exact) mass is 627 g/mol. The number of anilines is 3. The standard InChI is InChI=1S/C47H33NO/c1-47(2)39-22-7-5-20-38(39)45-40(47)23-12-25-42(45)48(33-17-9-16-32(29-33)35-21-10-14-30-13-3-4-18-34(30)35)41-24-11-15-31-27-28-37-36-19-6-8-26-43(36)49-46(37)44(31)41/h3-29H,1-2H3. The van der Waals surface area contributed by atoms with Gasteiger partial charge in [0.2, 0.25) is 0 Å². The van der Waals surface area contributed by atoms with E-state index >= 15 is 0 Å². The highest BCUT2D eigenvalue weighted by molar-refractivity contribution is 6.20. The minimum absolute atomic E-state index is 0.122. The number of benzene rings is 8. The van der Waals surface area contributed by atoms with Gasteiger partial charge in [0.1, 0.15) is 11.2 Å². The molecule has 0 fully saturated rings. The number of nitrogens with zero attached hydrogens (tertiary/aromatic N) is 1. The number of hydrogen-bond acceptors (Lipinski definition) is 2. The predicted molar refractivity (Wildman–Crippen MR) is 206 cm³/mol. The van der Waals surface area contributed by atoms with Gasteiger partial charge in [0.15, 0.2) is 0 Å². The van der Waals surface area contributed by atoms with Crippen molar-refractivity contribution in [3.05, 3.63) is 175 Å². The van der Waals surface area contributed by atoms with Crippen LogP contribution < -0.4 is 4.90 Å². The summed E-state index contributed by atoms with van der Waals surface area (Å²) < 4.78 is 6.72. The van der Waals surface area contributed by atoms with Crippen molar-refractivity contribution in [2.24, 2.45) is 0 Å². The van der Waals surface area contributed by atoms with Crippen molar-refractivity contribution in [1.29, 1.82) is 0 Å². The van der Waals surface area contributed by atoms with Crippen LogP contribution in [0.15, 0.2) is 168 Å². The van der Waals surface area contributed by atoms with Gasteiger partial charge in [0.05, 0.1) is 11.4 Å². The van der Waals surface area contributed by atoms with E-state index in [1.165, 1.54) is 44.2 Å². The van der Waals surface area contributed by atoms with Crippen LogP contribution in [0, 0.1) is 0 Å². The Balaban J connectivity index is 1.31. The molecule has 0 radical (unpaired) electrons. The summed E-state index contributed by atoms with van der Waals surface area (Å²) in [6.07, 6.45) is 0. The van der Waals surface area contributed by atoms with Crippen LogP contribution in [0.4, 0.5) is 17.1 Å². The SMILES string of the molecule is CC1(C)c2ccccc2-c2c(N(c3cccc(-c4cccc5ccccc45)c3)c3cccc4ccc5c6ccccc6oc5c34)cccc21. The van der Waals surface area contributed by atoms with Crippen molar-refractivity contribution >= 4 is 60.5 Å². The number of rotatable bonds is 4. The van der Waals surface area contributed by atoms with E-state index in [9.17, 15) is 0 Å². The maximum atomic E-state index is 6.72. The molecule has 0 unspecified atom stereocenters. The highest BCUT2D eigenvalue weighted by Crippen LogP contribution is 2.55. The van der Waals surface area contributed by atoms with Gasteiger partial charge in [-0.1, -0.05) is 141 Å². The Hall–Kier alpha value is -6.12. The highest BCUT2D eigenvalue weighted by Gasteiger charge is 2.38. The first-order valence-electron chi connectivity index (χ1n) is 17.0. The molecule has 2 nitrogen and oxygen atoms in total. The quantitative estimate of drug-likeness (QED) is 0.193. The molecule has 2 heteroatoms. The Bertz CT molecular complexity index is 2760. The minimum Gasteiger partial charge on any atom is -0.455 e. The maximum Gasteiger partial charge on any atom is 0.145 e. The van der Waals surface area contributed by atoms with Crippen LogP contribution >= 0.6 is 0 Å². The molecule has 8 aromatic carbocycles. The number of fused-ring (bicyclic) bond motifs is 9. The van der Waals surface area contributed by atoms with E-state index < -0.39 is 0 Å². The van der Waals surface area contributed by atoms with E-state index in [-0.39, 0.29) is 5.41 Å². The summed E-state index contributed by atoms with van der Waals surface area (Å²) in [5, 5.41) is 7.00. The van der Waals surface area contributed by atoms with Gasteiger partial charge in [0, 0.05) is 32.8 Å². The van der Waals surface area contributed by atoms with Gasteiger partial charge in [0.25, 0.3) is 0 Å². The first-order chi connectivity index (χ1) is 24.1. The second-order valence-corrected chi connectivity index (χ2v) is 13.7. The molecule has 49 heavy (non-hydrogen) atoms. The largest absolute Gasteiger partial charge is 0.455 e. The van der Waals surface area contributed by atoms with Crippen molar-refractivity contribution in [1.82, 2.24) is 0 Å². The fourth-order valence-corrected chi connectivity index (χ4v) is 8.34. The number of furan rings is 1. The molecule has 0 saturated carbocycles. The molecular weight excluding hydrogens is 595 g/mol. The van der Waals surface area contributed by atoms with Crippen LogP contribution in [0.5, 0.6) is 0 Å². The maximum absolute atomic E-state index is 6.72. The lowest BCUT2D eigenvalue weighted by atomic mass is 9.82. The fourth-order valence-electron chi connectivity index (χ4n) is 8.34. The zero-order valence-electron chi connectivity index (χ0n) is 27.4. The topological polar surface area (TPSA) is 16.4 Å². The molecule has 0 aliphatic heterocycles. The summed E-state index contributed by atoms with van der Waals surface area (Å²) in [7, 11) is 0. The van der Waals surface area contributed by atoms with Crippen LogP contribution in [-0.2, 0) is 5.41 Å². The zero-order chi connectivity index (χ0) is 32.7. The molecule has 0 amide bonds. The van der Waals surface area contributed by atoms with Crippen molar-refractivity contribution in [3.8, 4) is 22.3 Å². The number of para-hydroxylation sites is 1. The summed E-state index contributed by atoms with van der Waals surface area (Å²) in [4.78, 5) is 2.47. The first kappa shape index (κ1) is 27.9. The van der Waals surface area contributed by atoms with E-state index in [0.29, 0.717) is 0 Å². The molecule has 1 aromatic heterocycles. The third kappa shape index (κ3) is 4.07. The second-order valence-electron chi connectivity index (χ2n) is 13.7. The van der Waals surface area contributed by atoms with Crippen LogP contribution in [0.1, 0.15) is 25.0 Å². The van der Waals surface area contributed by atoms with Crippen LogP contribution in [0.3, 0.4) is 0 Å². The van der Waals surface area contributed by atoms with Crippen molar-refractivity contribution < 1.29 is 4.42 Å². The predicted octanol–water partition coefficient (Wildman–Crippen LogP) is 13.3. The molecule has 1 heterocycles. The van der Waals surface area contributed by atoms with Crippen LogP contribution in [-0.4, -0.2) is 0 Å². The third-order valence-electron chi connectivity index (χ3n) is 10.6. The smallest absolute Gasteiger partial charge is 0.145 e. The Morgan fingerprint density at radius 2 is 1.16 bits per heavy atom. The van der Waals surface area contributed by atoms with Gasteiger partial charge in [-0.2, -0.15) is 0 Å². The van der Waals surface area contributed by atoms with Gasteiger partial charge < -0.3 is 9.32 Å². The molecule has 0 atom stereocenters. The lowest BCUT2D eigenvalue weighted by Crippen LogP contribution is -2.16. The van der Waals surface area contributed by atoms with Crippen molar-refractivity contribution in [3.63, 3.8) is 0 Å². The van der Waals surface area contributed by atoms with Gasteiger partial charge in [-0.25, -0.2) is 0 Å².